The Balaban J connectivity index is 0.00000144. The molecule has 17 heavy (non-hydrogen) atoms. The molecule has 2 saturated carbocycles. The van der Waals surface area contributed by atoms with Crippen LogP contribution < -0.4 is 0 Å². The highest BCUT2D eigenvalue weighted by molar-refractivity contribution is 9.10. The molecule has 2 bridgehead atoms. The van der Waals surface area contributed by atoms with Gasteiger partial charge in [0, 0.05) is 10.8 Å². The topological polar surface area (TPSA) is 103 Å². The molecular weight excluding hydrogens is 312 g/mol. The molecule has 1 unspecified atom stereocenters. The normalized spacial score (nSPS) is 44.8. The van der Waals surface area contributed by atoms with Crippen molar-refractivity contribution in [2.45, 2.75) is 31.5 Å². The molecule has 4 atom stereocenters. The molecule has 2 aliphatic rings. The molecular formula is C10H17BrO5S. The van der Waals surface area contributed by atoms with Gasteiger partial charge in [0.2, 0.25) is 0 Å². The average molecular weight is 329 g/mol. The van der Waals surface area contributed by atoms with E-state index in [1.165, 1.54) is 0 Å². The van der Waals surface area contributed by atoms with Crippen molar-refractivity contribution < 1.29 is 23.2 Å². The zero-order valence-corrected chi connectivity index (χ0v) is 12.1. The lowest BCUT2D eigenvalue weighted by molar-refractivity contribution is -0.127. The maximum atomic E-state index is 12.1. The third kappa shape index (κ3) is 1.87. The van der Waals surface area contributed by atoms with Crippen LogP contribution in [0.1, 0.15) is 26.7 Å². The number of carbonyl (C=O) groups is 1. The molecule has 7 heteroatoms. The van der Waals surface area contributed by atoms with Gasteiger partial charge >= 0.3 is 0 Å². The first-order chi connectivity index (χ1) is 7.12. The summed E-state index contributed by atoms with van der Waals surface area (Å²) >= 11 is 3.35. The van der Waals surface area contributed by atoms with Crippen LogP contribution >= 0.6 is 15.9 Å². The van der Waals surface area contributed by atoms with E-state index in [9.17, 15) is 13.2 Å². The summed E-state index contributed by atoms with van der Waals surface area (Å²) in [5.74, 6) is -0.239. The number of hydrogen-bond acceptors (Lipinski definition) is 3. The maximum absolute atomic E-state index is 12.1. The van der Waals surface area contributed by atoms with Crippen LogP contribution in [0.25, 0.3) is 0 Å². The highest BCUT2D eigenvalue weighted by Gasteiger charge is 2.68. The summed E-state index contributed by atoms with van der Waals surface area (Å²) in [5, 5.41) is 0. The number of ketones is 1. The highest BCUT2D eigenvalue weighted by atomic mass is 79.9. The molecule has 2 rings (SSSR count). The Labute approximate surface area is 109 Å². The molecule has 5 nitrogen and oxygen atoms in total. The number of Topliss-reactive ketones (excluding diaryl/α,β-unsaturated/α-hetero) is 1. The van der Waals surface area contributed by atoms with Crippen molar-refractivity contribution in [3.8, 4) is 0 Å². The standard InChI is InChI=1S/C10H15BrO4S.H2O/c1-9-4-3-6(7(11)8(9)12)10(9,2)5-16(13,14)15;/h6-7H,3-5H2,1-2H3,(H,13,14,15);1H2/t6-,7+,9-,10?;/m1./s1. The minimum atomic E-state index is -4.05. The quantitative estimate of drug-likeness (QED) is 0.598. The summed E-state index contributed by atoms with van der Waals surface area (Å²) in [4.78, 5) is 11.8. The first kappa shape index (κ1) is 15.1. The molecule has 0 aromatic carbocycles. The average Bonchev–Trinajstić information content (AvgIpc) is 2.40. The third-order valence-electron chi connectivity index (χ3n) is 4.66. The second kappa shape index (κ2) is 4.01. The van der Waals surface area contributed by atoms with Crippen LogP contribution in [0.4, 0.5) is 0 Å². The predicted octanol–water partition coefficient (Wildman–Crippen LogP) is 0.818. The lowest BCUT2D eigenvalue weighted by atomic mass is 9.70. The van der Waals surface area contributed by atoms with Crippen LogP contribution in [0.15, 0.2) is 0 Å². The molecule has 0 heterocycles. The molecule has 3 N–H and O–H groups in total. The molecule has 100 valence electrons. The Kier molecular flexibility index (Phi) is 3.56. The summed E-state index contributed by atoms with van der Waals surface area (Å²) < 4.78 is 31.2. The zero-order valence-electron chi connectivity index (χ0n) is 9.73. The zero-order chi connectivity index (χ0) is 12.4. The fourth-order valence-corrected chi connectivity index (χ4v) is 6.11. The van der Waals surface area contributed by atoms with E-state index in [4.69, 9.17) is 4.55 Å². The second-order valence-corrected chi connectivity index (χ2v) is 7.83. The van der Waals surface area contributed by atoms with Crippen molar-refractivity contribution in [2.24, 2.45) is 16.7 Å². The Morgan fingerprint density at radius 2 is 2.00 bits per heavy atom. The first-order valence-electron chi connectivity index (χ1n) is 5.25. The number of fused-ring (bicyclic) bond motifs is 2. The van der Waals surface area contributed by atoms with Gasteiger partial charge in [-0.25, -0.2) is 0 Å². The summed E-state index contributed by atoms with van der Waals surface area (Å²) in [7, 11) is -4.05. The predicted molar refractivity (Wildman–Crippen MR) is 66.7 cm³/mol. The number of alkyl halides is 1. The molecule has 0 spiro atoms. The SMILES string of the molecule is CC1(CS(=O)(=O)O)[C@@H]2CC[C@]1(C)C(=O)[C@H]2Br.O. The monoisotopic (exact) mass is 328 g/mol. The van der Waals surface area contributed by atoms with Crippen molar-refractivity contribution in [3.63, 3.8) is 0 Å². The summed E-state index contributed by atoms with van der Waals surface area (Å²) in [6.07, 6.45) is 1.55. The summed E-state index contributed by atoms with van der Waals surface area (Å²) in [5.41, 5.74) is -1.27. The number of carbonyl (C=O) groups excluding carboxylic acids is 1. The van der Waals surface area contributed by atoms with Crippen molar-refractivity contribution >= 4 is 31.8 Å². The molecule has 0 saturated heterocycles. The van der Waals surface area contributed by atoms with Crippen molar-refractivity contribution in [3.05, 3.63) is 0 Å². The highest BCUT2D eigenvalue weighted by Crippen LogP contribution is 2.65. The number of halogens is 1. The fraction of sp³-hybridized carbons (Fsp3) is 0.900. The van der Waals surface area contributed by atoms with Gasteiger partial charge in [-0.2, -0.15) is 8.42 Å². The van der Waals surface area contributed by atoms with E-state index < -0.39 is 20.9 Å². The van der Waals surface area contributed by atoms with Crippen LogP contribution in [-0.4, -0.2) is 34.8 Å². The third-order valence-corrected chi connectivity index (χ3v) is 6.68. The van der Waals surface area contributed by atoms with E-state index in [2.05, 4.69) is 15.9 Å². The molecule has 2 fully saturated rings. The number of hydrogen-bond donors (Lipinski definition) is 1. The van der Waals surface area contributed by atoms with E-state index in [1.54, 1.807) is 6.92 Å². The minimum Gasteiger partial charge on any atom is -0.412 e. The van der Waals surface area contributed by atoms with E-state index in [0.29, 0.717) is 6.42 Å². The summed E-state index contributed by atoms with van der Waals surface area (Å²) in [6.45, 7) is 3.62. The van der Waals surface area contributed by atoms with Gasteiger partial charge in [-0.15, -0.1) is 0 Å². The largest absolute Gasteiger partial charge is 0.412 e. The van der Waals surface area contributed by atoms with Crippen LogP contribution in [0, 0.1) is 16.7 Å². The van der Waals surface area contributed by atoms with E-state index in [-0.39, 0.29) is 27.8 Å². The molecule has 0 amide bonds. The van der Waals surface area contributed by atoms with Gasteiger partial charge in [0.05, 0.1) is 10.6 Å². The molecule has 2 aliphatic carbocycles. The Morgan fingerprint density at radius 3 is 2.35 bits per heavy atom. The van der Waals surface area contributed by atoms with Gasteiger partial charge in [0.25, 0.3) is 10.1 Å². The van der Waals surface area contributed by atoms with Crippen LogP contribution in [0.2, 0.25) is 0 Å². The lowest BCUT2D eigenvalue weighted by Crippen LogP contribution is -2.40. The van der Waals surface area contributed by atoms with Crippen molar-refractivity contribution in [1.82, 2.24) is 0 Å². The van der Waals surface area contributed by atoms with E-state index >= 15 is 0 Å². The smallest absolute Gasteiger partial charge is 0.265 e. The van der Waals surface area contributed by atoms with E-state index in [1.807, 2.05) is 6.92 Å². The number of rotatable bonds is 2. The van der Waals surface area contributed by atoms with Gasteiger partial charge in [-0.05, 0) is 18.8 Å². The van der Waals surface area contributed by atoms with E-state index in [0.717, 1.165) is 6.42 Å². The maximum Gasteiger partial charge on any atom is 0.265 e. The minimum absolute atomic E-state index is 0. The fourth-order valence-electron chi connectivity index (χ4n) is 3.46. The van der Waals surface area contributed by atoms with Crippen LogP contribution in [0.5, 0.6) is 0 Å². The molecule has 0 aliphatic heterocycles. The summed E-state index contributed by atoms with van der Waals surface area (Å²) in [6, 6.07) is 0. The Bertz CT molecular complexity index is 448. The van der Waals surface area contributed by atoms with Gasteiger partial charge < -0.3 is 5.48 Å². The van der Waals surface area contributed by atoms with Crippen molar-refractivity contribution in [2.75, 3.05) is 5.75 Å². The second-order valence-electron chi connectivity index (χ2n) is 5.39. The Hall–Kier alpha value is 0.0200. The van der Waals surface area contributed by atoms with Gasteiger partial charge in [-0.3, -0.25) is 9.35 Å². The molecule has 0 aromatic rings. The van der Waals surface area contributed by atoms with Crippen molar-refractivity contribution in [1.29, 1.82) is 0 Å². The van der Waals surface area contributed by atoms with Gasteiger partial charge in [0.15, 0.2) is 5.78 Å². The first-order valence-corrected chi connectivity index (χ1v) is 7.78. The Morgan fingerprint density at radius 1 is 1.47 bits per heavy atom. The van der Waals surface area contributed by atoms with Gasteiger partial charge in [-0.1, -0.05) is 29.8 Å². The van der Waals surface area contributed by atoms with Gasteiger partial charge in [0.1, 0.15) is 0 Å². The molecule has 0 radical (unpaired) electrons. The molecule has 0 aromatic heterocycles. The van der Waals surface area contributed by atoms with Crippen LogP contribution in [-0.2, 0) is 14.9 Å². The van der Waals surface area contributed by atoms with Crippen LogP contribution in [0.3, 0.4) is 0 Å². The lowest BCUT2D eigenvalue weighted by Gasteiger charge is -2.35.